The normalized spacial score (nSPS) is 14.4. The highest BCUT2D eigenvalue weighted by molar-refractivity contribution is 6.14. The van der Waals surface area contributed by atoms with E-state index in [1.54, 1.807) is 0 Å². The van der Waals surface area contributed by atoms with Crippen LogP contribution < -0.4 is 0 Å². The van der Waals surface area contributed by atoms with Crippen molar-refractivity contribution in [2.75, 3.05) is 0 Å². The van der Waals surface area contributed by atoms with Gasteiger partial charge in [0.05, 0.1) is 0 Å². The maximum absolute atomic E-state index is 2.41. The molecule has 1 aliphatic carbocycles. The standard InChI is InChI=1S/C31H22/c1-31(2)29-25(16-14-23-17-21-8-3-4-9-22(21)18-27(23)29)26-15-13-20-12-11-19-7-5-6-10-24(19)28(20)30(26)31/h3-18H,1-2H3. The Morgan fingerprint density at radius 1 is 0.452 bits per heavy atom. The van der Waals surface area contributed by atoms with Gasteiger partial charge in [0, 0.05) is 5.41 Å². The molecule has 0 aliphatic heterocycles. The van der Waals surface area contributed by atoms with Crippen molar-refractivity contribution < 1.29 is 0 Å². The van der Waals surface area contributed by atoms with E-state index in [1.807, 2.05) is 0 Å². The zero-order chi connectivity index (χ0) is 20.7. The lowest BCUT2D eigenvalue weighted by atomic mass is 9.77. The van der Waals surface area contributed by atoms with Crippen LogP contribution in [0.2, 0.25) is 0 Å². The van der Waals surface area contributed by atoms with Gasteiger partial charge in [-0.25, -0.2) is 0 Å². The molecule has 0 saturated heterocycles. The molecule has 0 fully saturated rings. The lowest BCUT2D eigenvalue weighted by Crippen LogP contribution is -2.16. The average Bonchev–Trinajstić information content (AvgIpc) is 3.04. The van der Waals surface area contributed by atoms with Gasteiger partial charge in [-0.05, 0) is 77.5 Å². The molecule has 0 spiro atoms. The second kappa shape index (κ2) is 5.74. The minimum atomic E-state index is -0.0731. The van der Waals surface area contributed by atoms with Gasteiger partial charge >= 0.3 is 0 Å². The number of hydrogen-bond acceptors (Lipinski definition) is 0. The molecule has 6 aromatic carbocycles. The van der Waals surface area contributed by atoms with Crippen LogP contribution in [0.3, 0.4) is 0 Å². The summed E-state index contributed by atoms with van der Waals surface area (Å²) in [6.07, 6.45) is 0. The van der Waals surface area contributed by atoms with Crippen LogP contribution in [-0.4, -0.2) is 0 Å². The van der Waals surface area contributed by atoms with Gasteiger partial charge in [0.25, 0.3) is 0 Å². The van der Waals surface area contributed by atoms with E-state index in [0.717, 1.165) is 0 Å². The maximum Gasteiger partial charge on any atom is 0.0171 e. The van der Waals surface area contributed by atoms with Gasteiger partial charge in [0.15, 0.2) is 0 Å². The second-order valence-electron chi connectivity index (χ2n) is 9.41. The molecule has 7 rings (SSSR count). The zero-order valence-electron chi connectivity index (χ0n) is 17.7. The SMILES string of the molecule is CC1(C)c2c(ccc3cc4ccccc4cc23)-c2ccc3ccc4ccccc4c3c21. The van der Waals surface area contributed by atoms with Crippen molar-refractivity contribution in [3.05, 3.63) is 108 Å². The van der Waals surface area contributed by atoms with Gasteiger partial charge in [-0.3, -0.25) is 0 Å². The molecule has 0 heterocycles. The van der Waals surface area contributed by atoms with E-state index in [1.165, 1.54) is 65.3 Å². The van der Waals surface area contributed by atoms with Crippen molar-refractivity contribution >= 4 is 43.1 Å². The fourth-order valence-corrected chi connectivity index (χ4v) is 6.01. The zero-order valence-corrected chi connectivity index (χ0v) is 17.7. The van der Waals surface area contributed by atoms with Gasteiger partial charge in [-0.2, -0.15) is 0 Å². The Labute approximate surface area is 181 Å². The average molecular weight is 395 g/mol. The number of rotatable bonds is 0. The highest BCUT2D eigenvalue weighted by atomic mass is 14.4. The molecule has 0 heteroatoms. The summed E-state index contributed by atoms with van der Waals surface area (Å²) in [4.78, 5) is 0. The highest BCUT2D eigenvalue weighted by Crippen LogP contribution is 2.54. The third-order valence-corrected chi connectivity index (χ3v) is 7.34. The summed E-state index contributed by atoms with van der Waals surface area (Å²) >= 11 is 0. The van der Waals surface area contributed by atoms with E-state index in [9.17, 15) is 0 Å². The molecular formula is C31H22. The smallest absolute Gasteiger partial charge is 0.0171 e. The fourth-order valence-electron chi connectivity index (χ4n) is 6.01. The highest BCUT2D eigenvalue weighted by Gasteiger charge is 2.38. The Kier molecular flexibility index (Phi) is 3.16. The van der Waals surface area contributed by atoms with Gasteiger partial charge in [-0.1, -0.05) is 98.8 Å². The van der Waals surface area contributed by atoms with E-state index in [-0.39, 0.29) is 5.41 Å². The van der Waals surface area contributed by atoms with Crippen molar-refractivity contribution in [1.82, 2.24) is 0 Å². The van der Waals surface area contributed by atoms with Crippen LogP contribution in [-0.2, 0) is 5.41 Å². The second-order valence-corrected chi connectivity index (χ2v) is 9.41. The first kappa shape index (κ1) is 17.1. The van der Waals surface area contributed by atoms with Crippen LogP contribution in [0.15, 0.2) is 97.1 Å². The van der Waals surface area contributed by atoms with Crippen LogP contribution in [0.1, 0.15) is 25.0 Å². The third-order valence-electron chi connectivity index (χ3n) is 7.34. The van der Waals surface area contributed by atoms with Crippen LogP contribution in [0.25, 0.3) is 54.2 Å². The van der Waals surface area contributed by atoms with Crippen molar-refractivity contribution in [2.24, 2.45) is 0 Å². The van der Waals surface area contributed by atoms with Crippen molar-refractivity contribution in [3.63, 3.8) is 0 Å². The first-order valence-corrected chi connectivity index (χ1v) is 11.0. The summed E-state index contributed by atoms with van der Waals surface area (Å²) < 4.78 is 0. The van der Waals surface area contributed by atoms with Crippen molar-refractivity contribution in [2.45, 2.75) is 19.3 Å². The van der Waals surface area contributed by atoms with E-state index >= 15 is 0 Å². The maximum atomic E-state index is 2.41. The number of benzene rings is 6. The predicted molar refractivity (Wildman–Crippen MR) is 134 cm³/mol. The lowest BCUT2D eigenvalue weighted by molar-refractivity contribution is 0.672. The summed E-state index contributed by atoms with van der Waals surface area (Å²) in [6.45, 7) is 4.82. The molecule has 0 aromatic heterocycles. The largest absolute Gasteiger partial charge is 0.0616 e. The molecule has 146 valence electrons. The minimum Gasteiger partial charge on any atom is -0.0616 e. The molecule has 31 heavy (non-hydrogen) atoms. The summed E-state index contributed by atoms with van der Waals surface area (Å²) in [6, 6.07) is 36.1. The predicted octanol–water partition coefficient (Wildman–Crippen LogP) is 8.61. The molecule has 1 aliphatic rings. The quantitative estimate of drug-likeness (QED) is 0.179. The van der Waals surface area contributed by atoms with E-state index in [0.29, 0.717) is 0 Å². The van der Waals surface area contributed by atoms with Gasteiger partial charge < -0.3 is 0 Å². The number of hydrogen-bond donors (Lipinski definition) is 0. The Morgan fingerprint density at radius 3 is 1.84 bits per heavy atom. The summed E-state index contributed by atoms with van der Waals surface area (Å²) in [5.74, 6) is 0. The number of fused-ring (bicyclic) bond motifs is 10. The Morgan fingerprint density at radius 2 is 1.03 bits per heavy atom. The summed E-state index contributed by atoms with van der Waals surface area (Å²) in [5.41, 5.74) is 5.64. The minimum absolute atomic E-state index is 0.0731. The Balaban J connectivity index is 1.66. The molecule has 6 aromatic rings. The molecule has 0 saturated carbocycles. The lowest BCUT2D eigenvalue weighted by Gasteiger charge is -2.25. The Bertz CT molecular complexity index is 1700. The Hall–Kier alpha value is -3.64. The molecule has 0 nitrogen and oxygen atoms in total. The van der Waals surface area contributed by atoms with Crippen LogP contribution in [0.4, 0.5) is 0 Å². The topological polar surface area (TPSA) is 0 Å². The van der Waals surface area contributed by atoms with E-state index in [2.05, 4.69) is 111 Å². The fraction of sp³-hybridized carbons (Fsp3) is 0.0968. The summed E-state index contributed by atoms with van der Waals surface area (Å²) in [7, 11) is 0. The monoisotopic (exact) mass is 394 g/mol. The summed E-state index contributed by atoms with van der Waals surface area (Å²) in [5, 5.41) is 10.7. The first-order chi connectivity index (χ1) is 15.1. The van der Waals surface area contributed by atoms with Crippen LogP contribution in [0.5, 0.6) is 0 Å². The van der Waals surface area contributed by atoms with Crippen molar-refractivity contribution in [1.29, 1.82) is 0 Å². The van der Waals surface area contributed by atoms with Crippen molar-refractivity contribution in [3.8, 4) is 11.1 Å². The molecule has 0 bridgehead atoms. The molecule has 0 radical (unpaired) electrons. The van der Waals surface area contributed by atoms with Gasteiger partial charge in [-0.15, -0.1) is 0 Å². The first-order valence-electron chi connectivity index (χ1n) is 11.0. The third kappa shape index (κ3) is 2.15. The molecule has 0 unspecified atom stereocenters. The van der Waals surface area contributed by atoms with E-state index in [4.69, 9.17) is 0 Å². The van der Waals surface area contributed by atoms with Crippen LogP contribution >= 0.6 is 0 Å². The van der Waals surface area contributed by atoms with E-state index < -0.39 is 0 Å². The van der Waals surface area contributed by atoms with Gasteiger partial charge in [0.1, 0.15) is 0 Å². The molecule has 0 N–H and O–H groups in total. The molecule has 0 atom stereocenters. The molecular weight excluding hydrogens is 372 g/mol. The van der Waals surface area contributed by atoms with Gasteiger partial charge in [0.2, 0.25) is 0 Å². The molecule has 0 amide bonds. The van der Waals surface area contributed by atoms with Crippen LogP contribution in [0, 0.1) is 0 Å².